The van der Waals surface area contributed by atoms with Crippen LogP contribution in [0.3, 0.4) is 0 Å². The lowest BCUT2D eigenvalue weighted by atomic mass is 9.93. The van der Waals surface area contributed by atoms with Crippen molar-refractivity contribution in [1.82, 2.24) is 10.3 Å². The molecule has 2 heterocycles. The summed E-state index contributed by atoms with van der Waals surface area (Å²) in [6, 6.07) is 9.89. The van der Waals surface area contributed by atoms with Gasteiger partial charge in [-0.05, 0) is 73.9 Å². The van der Waals surface area contributed by atoms with E-state index in [2.05, 4.69) is 15.0 Å². The Labute approximate surface area is 223 Å². The molecule has 2 unspecified atom stereocenters. The van der Waals surface area contributed by atoms with Crippen LogP contribution in [0.1, 0.15) is 48.7 Å². The molecular formula is C27H23F8N3O2. The van der Waals surface area contributed by atoms with Gasteiger partial charge in [-0.25, -0.2) is 0 Å². The van der Waals surface area contributed by atoms with Crippen LogP contribution in [-0.4, -0.2) is 23.5 Å². The van der Waals surface area contributed by atoms with Crippen molar-refractivity contribution >= 4 is 11.6 Å². The topological polar surface area (TPSA) is 54.5 Å². The van der Waals surface area contributed by atoms with E-state index in [9.17, 15) is 39.9 Å². The molecule has 214 valence electrons. The standard InChI is InChI=1S/C27H23F8N3O2/c1-25(2,17-8-11-22(36-14-17)27(33,34)35)37-20-13-21(15-4-3-5-19(12-15)40-24(28)29)38(23(20)39)18-9-6-16(7-10-18)26(30,31)32/h3-12,14,20-21,24,37H,13H2,1-2H3. The minimum absolute atomic E-state index is 0.0650. The van der Waals surface area contributed by atoms with E-state index < -0.39 is 53.8 Å². The Hall–Kier alpha value is -3.74. The summed E-state index contributed by atoms with van der Waals surface area (Å²) in [5.74, 6) is -0.697. The first-order valence-electron chi connectivity index (χ1n) is 11.9. The molecule has 0 saturated carbocycles. The van der Waals surface area contributed by atoms with Crippen LogP contribution in [0.5, 0.6) is 5.75 Å². The van der Waals surface area contributed by atoms with Gasteiger partial charge in [0.25, 0.3) is 0 Å². The maximum absolute atomic E-state index is 13.7. The largest absolute Gasteiger partial charge is 0.435 e. The Bertz CT molecular complexity index is 1340. The van der Waals surface area contributed by atoms with Gasteiger partial charge in [0.2, 0.25) is 5.91 Å². The van der Waals surface area contributed by atoms with Crippen LogP contribution in [-0.2, 0) is 22.7 Å². The van der Waals surface area contributed by atoms with Crippen LogP contribution in [0, 0.1) is 0 Å². The Morgan fingerprint density at radius 1 is 0.925 bits per heavy atom. The third-order valence-electron chi connectivity index (χ3n) is 6.56. The highest BCUT2D eigenvalue weighted by Crippen LogP contribution is 2.41. The van der Waals surface area contributed by atoms with Gasteiger partial charge in [0, 0.05) is 17.4 Å². The molecule has 1 aromatic heterocycles. The maximum Gasteiger partial charge on any atom is 0.433 e. The number of nitrogens with zero attached hydrogens (tertiary/aromatic N) is 2. The molecule has 1 fully saturated rings. The minimum atomic E-state index is -4.63. The first-order valence-corrected chi connectivity index (χ1v) is 11.9. The molecule has 13 heteroatoms. The van der Waals surface area contributed by atoms with Crippen LogP contribution in [0.25, 0.3) is 0 Å². The molecule has 4 rings (SSSR count). The van der Waals surface area contributed by atoms with Crippen molar-refractivity contribution in [1.29, 1.82) is 0 Å². The molecule has 1 aliphatic rings. The molecule has 40 heavy (non-hydrogen) atoms. The van der Waals surface area contributed by atoms with Gasteiger partial charge in [-0.1, -0.05) is 18.2 Å². The van der Waals surface area contributed by atoms with Crippen LogP contribution < -0.4 is 15.0 Å². The summed E-state index contributed by atoms with van der Waals surface area (Å²) < 4.78 is 108. The van der Waals surface area contributed by atoms with E-state index in [1.165, 1.54) is 29.2 Å². The average molecular weight is 573 g/mol. The highest BCUT2D eigenvalue weighted by molar-refractivity contribution is 6.00. The van der Waals surface area contributed by atoms with Crippen molar-refractivity contribution < 1.29 is 44.7 Å². The number of hydrogen-bond donors (Lipinski definition) is 1. The van der Waals surface area contributed by atoms with Gasteiger partial charge in [0.1, 0.15) is 11.4 Å². The predicted octanol–water partition coefficient (Wildman–Crippen LogP) is 7.09. The van der Waals surface area contributed by atoms with E-state index in [1.54, 1.807) is 19.9 Å². The number of carbonyl (C=O) groups is 1. The fraction of sp³-hybridized carbons (Fsp3) is 0.333. The molecule has 0 aliphatic carbocycles. The summed E-state index contributed by atoms with van der Waals surface area (Å²) in [5.41, 5.74) is -2.17. The number of amides is 1. The molecule has 1 amide bonds. The Morgan fingerprint density at radius 3 is 2.12 bits per heavy atom. The van der Waals surface area contributed by atoms with E-state index in [1.807, 2.05) is 0 Å². The molecule has 0 spiro atoms. The van der Waals surface area contributed by atoms with E-state index in [0.717, 1.165) is 36.5 Å². The fourth-order valence-electron chi connectivity index (χ4n) is 4.62. The maximum atomic E-state index is 13.7. The Morgan fingerprint density at radius 2 is 1.57 bits per heavy atom. The number of alkyl halides is 8. The van der Waals surface area contributed by atoms with Crippen molar-refractivity contribution in [2.75, 3.05) is 4.90 Å². The zero-order valence-corrected chi connectivity index (χ0v) is 21.0. The summed E-state index contributed by atoms with van der Waals surface area (Å²) >= 11 is 0. The average Bonchev–Trinajstić information content (AvgIpc) is 3.18. The monoisotopic (exact) mass is 573 g/mol. The lowest BCUT2D eigenvalue weighted by Gasteiger charge is -2.30. The number of pyridine rings is 1. The smallest absolute Gasteiger partial charge is 0.433 e. The third-order valence-corrected chi connectivity index (χ3v) is 6.56. The molecule has 5 nitrogen and oxygen atoms in total. The van der Waals surface area contributed by atoms with Crippen LogP contribution in [0.2, 0.25) is 0 Å². The van der Waals surface area contributed by atoms with Gasteiger partial charge in [0.15, 0.2) is 0 Å². The number of carbonyl (C=O) groups excluding carboxylic acids is 1. The summed E-state index contributed by atoms with van der Waals surface area (Å²) in [6.45, 7) is 0.175. The summed E-state index contributed by atoms with van der Waals surface area (Å²) in [5, 5.41) is 3.12. The second-order valence-electron chi connectivity index (χ2n) is 9.71. The summed E-state index contributed by atoms with van der Waals surface area (Å²) in [6.07, 6.45) is -8.12. The normalized spacial score (nSPS) is 18.5. The zero-order valence-electron chi connectivity index (χ0n) is 21.0. The van der Waals surface area contributed by atoms with Gasteiger partial charge in [-0.15, -0.1) is 0 Å². The predicted molar refractivity (Wildman–Crippen MR) is 129 cm³/mol. The number of ether oxygens (including phenoxy) is 1. The van der Waals surface area contributed by atoms with Crippen LogP contribution >= 0.6 is 0 Å². The molecule has 2 aromatic carbocycles. The van der Waals surface area contributed by atoms with Crippen molar-refractivity contribution in [3.05, 3.63) is 89.2 Å². The van der Waals surface area contributed by atoms with Crippen molar-refractivity contribution in [3.8, 4) is 5.75 Å². The van der Waals surface area contributed by atoms with E-state index >= 15 is 0 Å². The number of halogens is 8. The summed E-state index contributed by atoms with van der Waals surface area (Å²) in [7, 11) is 0. The number of rotatable bonds is 7. The van der Waals surface area contributed by atoms with Crippen LogP contribution in [0.4, 0.5) is 40.8 Å². The number of anilines is 1. The second-order valence-corrected chi connectivity index (χ2v) is 9.71. The Balaban J connectivity index is 1.67. The van der Waals surface area contributed by atoms with Crippen molar-refractivity contribution in [2.24, 2.45) is 0 Å². The molecule has 0 bridgehead atoms. The van der Waals surface area contributed by atoms with Gasteiger partial charge < -0.3 is 9.64 Å². The van der Waals surface area contributed by atoms with Crippen LogP contribution in [0.15, 0.2) is 66.9 Å². The quantitative estimate of drug-likeness (QED) is 0.307. The van der Waals surface area contributed by atoms with E-state index in [-0.39, 0.29) is 17.9 Å². The lowest BCUT2D eigenvalue weighted by Crippen LogP contribution is -2.47. The highest BCUT2D eigenvalue weighted by Gasteiger charge is 2.44. The molecule has 1 saturated heterocycles. The van der Waals surface area contributed by atoms with Crippen molar-refractivity contribution in [2.45, 2.75) is 56.9 Å². The van der Waals surface area contributed by atoms with Crippen molar-refractivity contribution in [3.63, 3.8) is 0 Å². The zero-order chi connectivity index (χ0) is 29.5. The first-order chi connectivity index (χ1) is 18.6. The van der Waals surface area contributed by atoms with E-state index in [4.69, 9.17) is 0 Å². The van der Waals surface area contributed by atoms with Gasteiger partial charge >= 0.3 is 19.0 Å². The summed E-state index contributed by atoms with van der Waals surface area (Å²) in [4.78, 5) is 18.4. The minimum Gasteiger partial charge on any atom is -0.435 e. The van der Waals surface area contributed by atoms with Gasteiger partial charge in [-0.3, -0.25) is 15.1 Å². The number of aromatic nitrogens is 1. The first kappa shape index (κ1) is 29.2. The molecule has 1 N–H and O–H groups in total. The SMILES string of the molecule is CC(C)(NC1CC(c2cccc(OC(F)F)c2)N(c2ccc(C(F)(F)F)cc2)C1=O)c1ccc(C(F)(F)F)nc1. The molecule has 1 aliphatic heterocycles. The van der Waals surface area contributed by atoms with E-state index in [0.29, 0.717) is 11.1 Å². The number of benzene rings is 2. The molecule has 0 radical (unpaired) electrons. The lowest BCUT2D eigenvalue weighted by molar-refractivity contribution is -0.141. The molecule has 3 aromatic rings. The molecule has 2 atom stereocenters. The Kier molecular flexibility index (Phi) is 7.81. The third kappa shape index (κ3) is 6.35. The number of nitrogens with one attached hydrogen (secondary N) is 1. The highest BCUT2D eigenvalue weighted by atomic mass is 19.4. The van der Waals surface area contributed by atoms with Gasteiger partial charge in [0.05, 0.1) is 17.6 Å². The molecular weight excluding hydrogens is 550 g/mol. The van der Waals surface area contributed by atoms with Gasteiger partial charge in [-0.2, -0.15) is 35.1 Å². The number of hydrogen-bond acceptors (Lipinski definition) is 4. The second kappa shape index (κ2) is 10.7. The fourth-order valence-corrected chi connectivity index (χ4v) is 4.62.